The van der Waals surface area contributed by atoms with Gasteiger partial charge in [0.1, 0.15) is 13.6 Å². The lowest BCUT2D eigenvalue weighted by Crippen LogP contribution is -2.35. The van der Waals surface area contributed by atoms with Crippen molar-refractivity contribution in [2.45, 2.75) is 205 Å². The molecule has 310 valence electrons. The molecule has 2 fully saturated rings. The Morgan fingerprint density at radius 1 is 0.481 bits per heavy atom. The second kappa shape index (κ2) is 38.8. The highest BCUT2D eigenvalue weighted by molar-refractivity contribution is 8.76. The molecule has 2 aliphatic rings. The van der Waals surface area contributed by atoms with E-state index in [0.717, 1.165) is 13.2 Å². The van der Waals surface area contributed by atoms with Crippen LogP contribution in [0.1, 0.15) is 181 Å². The molecular formula is C42H88N2O4S2Si2. The van der Waals surface area contributed by atoms with Crippen molar-refractivity contribution in [2.75, 3.05) is 64.5 Å². The third kappa shape index (κ3) is 31.0. The Morgan fingerprint density at radius 3 is 1.27 bits per heavy atom. The fraction of sp³-hybridized carbons (Fsp3) is 1.00. The molecule has 6 nitrogen and oxygen atoms in total. The number of unbranched alkanes of at least 4 members (excludes halogenated alkanes) is 16. The maximum Gasteiger partial charge on any atom is 0.147 e. The molecule has 0 aromatic rings. The van der Waals surface area contributed by atoms with E-state index in [4.69, 9.17) is 18.9 Å². The Bertz CT molecular complexity index is 677. The van der Waals surface area contributed by atoms with E-state index in [2.05, 4.69) is 44.6 Å². The van der Waals surface area contributed by atoms with Crippen LogP contribution in [-0.2, 0) is 18.9 Å². The molecule has 2 rings (SSSR count). The SMILES string of the molecule is CCCCCCCCCCCOCOC1CCC[SiH2]N(CCCSSCCCN2CCC(OCOCCCCCCCCCCC)CCC[SiH2]2)CC1. The van der Waals surface area contributed by atoms with Gasteiger partial charge in [-0.1, -0.05) is 151 Å². The summed E-state index contributed by atoms with van der Waals surface area (Å²) in [5.74, 6) is 2.59. The average Bonchev–Trinajstić information content (AvgIpc) is 3.13. The summed E-state index contributed by atoms with van der Waals surface area (Å²) in [4.78, 5) is 0. The summed E-state index contributed by atoms with van der Waals surface area (Å²) in [5, 5.41) is 0. The molecule has 2 saturated heterocycles. The van der Waals surface area contributed by atoms with E-state index >= 15 is 0 Å². The van der Waals surface area contributed by atoms with Crippen molar-refractivity contribution in [1.82, 2.24) is 9.13 Å². The lowest BCUT2D eigenvalue weighted by molar-refractivity contribution is -0.0956. The van der Waals surface area contributed by atoms with Gasteiger partial charge in [0.25, 0.3) is 0 Å². The molecule has 2 atom stereocenters. The third-order valence-electron chi connectivity index (χ3n) is 11.1. The number of rotatable bonds is 35. The molecule has 0 N–H and O–H groups in total. The molecular weight excluding hydrogens is 717 g/mol. The van der Waals surface area contributed by atoms with Crippen LogP contribution in [0.3, 0.4) is 0 Å². The van der Waals surface area contributed by atoms with Crippen LogP contribution in [0.25, 0.3) is 0 Å². The van der Waals surface area contributed by atoms with Crippen LogP contribution >= 0.6 is 21.6 Å². The van der Waals surface area contributed by atoms with Crippen molar-refractivity contribution in [3.8, 4) is 0 Å². The van der Waals surface area contributed by atoms with Gasteiger partial charge in [-0.3, -0.25) is 0 Å². The molecule has 2 unspecified atom stereocenters. The molecule has 0 saturated carbocycles. The molecule has 2 aliphatic heterocycles. The van der Waals surface area contributed by atoms with E-state index in [0.29, 0.717) is 25.8 Å². The van der Waals surface area contributed by atoms with Crippen LogP contribution < -0.4 is 0 Å². The van der Waals surface area contributed by atoms with E-state index in [1.54, 1.807) is 0 Å². The molecule has 0 aromatic carbocycles. The number of hydrogen-bond acceptors (Lipinski definition) is 8. The molecule has 0 amide bonds. The van der Waals surface area contributed by atoms with Gasteiger partial charge in [-0.25, -0.2) is 0 Å². The Hall–Kier alpha value is 0.894. The van der Waals surface area contributed by atoms with Crippen molar-refractivity contribution in [3.63, 3.8) is 0 Å². The molecule has 0 aromatic heterocycles. The van der Waals surface area contributed by atoms with E-state index in [1.165, 1.54) is 217 Å². The van der Waals surface area contributed by atoms with Gasteiger partial charge in [0.2, 0.25) is 0 Å². The normalized spacial score (nSPS) is 20.7. The number of ether oxygens (including phenoxy) is 4. The fourth-order valence-corrected chi connectivity index (χ4v) is 13.4. The summed E-state index contributed by atoms with van der Waals surface area (Å²) in [7, 11) is 4.09. The van der Waals surface area contributed by atoms with E-state index in [1.807, 2.05) is 0 Å². The molecule has 2 heterocycles. The standard InChI is InChI=1S/C42H88N2O4S2Si2/c1-3-5-7-9-11-13-15-17-19-33-45-39-47-41-25-21-37-51-43(31-27-41)29-23-35-49-50-36-24-30-44-32-28-42(26-22-38-52-44)48-40-46-34-20-18-16-14-12-10-8-6-4-2/h41-42H,3-40,51-52H2,1-2H3. The summed E-state index contributed by atoms with van der Waals surface area (Å²) in [5.41, 5.74) is 0. The Labute approximate surface area is 337 Å². The summed E-state index contributed by atoms with van der Waals surface area (Å²) in [6.45, 7) is 12.4. The Morgan fingerprint density at radius 2 is 0.865 bits per heavy atom. The highest BCUT2D eigenvalue weighted by Gasteiger charge is 2.17. The first-order valence-electron chi connectivity index (χ1n) is 22.9. The van der Waals surface area contributed by atoms with E-state index in [-0.39, 0.29) is 19.4 Å². The van der Waals surface area contributed by atoms with Crippen LogP contribution in [0, 0.1) is 0 Å². The van der Waals surface area contributed by atoms with Gasteiger partial charge in [0.15, 0.2) is 0 Å². The minimum Gasteiger partial charge on any atom is -0.355 e. The van der Waals surface area contributed by atoms with Gasteiger partial charge in [-0.15, -0.1) is 0 Å². The predicted octanol–water partition coefficient (Wildman–Crippen LogP) is 10.9. The zero-order valence-electron chi connectivity index (χ0n) is 34.8. The van der Waals surface area contributed by atoms with Crippen LogP contribution in [0.5, 0.6) is 0 Å². The average molecular weight is 805 g/mol. The van der Waals surface area contributed by atoms with Crippen molar-refractivity contribution >= 4 is 41.0 Å². The first kappa shape index (κ1) is 49.0. The molecule has 0 spiro atoms. The molecule has 0 radical (unpaired) electrons. The van der Waals surface area contributed by atoms with Gasteiger partial charge in [-0.2, -0.15) is 0 Å². The molecule has 52 heavy (non-hydrogen) atoms. The lowest BCUT2D eigenvalue weighted by Gasteiger charge is -2.28. The maximum absolute atomic E-state index is 6.18. The van der Waals surface area contributed by atoms with Crippen LogP contribution in [0.15, 0.2) is 0 Å². The quantitative estimate of drug-likeness (QED) is 0.0272. The van der Waals surface area contributed by atoms with Crippen molar-refractivity contribution in [1.29, 1.82) is 0 Å². The zero-order chi connectivity index (χ0) is 36.8. The summed E-state index contributed by atoms with van der Waals surface area (Å²) >= 11 is 0. The summed E-state index contributed by atoms with van der Waals surface area (Å²) in [6.07, 6.45) is 35.5. The zero-order valence-corrected chi connectivity index (χ0v) is 39.2. The van der Waals surface area contributed by atoms with Crippen molar-refractivity contribution in [3.05, 3.63) is 0 Å². The summed E-state index contributed by atoms with van der Waals surface area (Å²) in [6, 6.07) is 2.89. The fourth-order valence-electron chi connectivity index (χ4n) is 7.61. The smallest absolute Gasteiger partial charge is 0.147 e. The number of hydrogen-bond donors (Lipinski definition) is 0. The lowest BCUT2D eigenvalue weighted by atomic mass is 10.1. The Kier molecular flexibility index (Phi) is 36.5. The van der Waals surface area contributed by atoms with Crippen molar-refractivity contribution in [2.24, 2.45) is 0 Å². The summed E-state index contributed by atoms with van der Waals surface area (Å²) < 4.78 is 29.8. The largest absolute Gasteiger partial charge is 0.355 e. The van der Waals surface area contributed by atoms with E-state index in [9.17, 15) is 0 Å². The molecule has 0 bridgehead atoms. The van der Waals surface area contributed by atoms with E-state index < -0.39 is 0 Å². The van der Waals surface area contributed by atoms with Crippen LogP contribution in [-0.4, -0.2) is 105 Å². The van der Waals surface area contributed by atoms with Gasteiger partial charge in [0.05, 0.1) is 31.6 Å². The van der Waals surface area contributed by atoms with Gasteiger partial charge in [0, 0.05) is 24.7 Å². The second-order valence-electron chi connectivity index (χ2n) is 15.9. The van der Waals surface area contributed by atoms with Gasteiger partial charge in [-0.05, 0) is 89.6 Å². The maximum atomic E-state index is 6.18. The van der Waals surface area contributed by atoms with Gasteiger partial charge < -0.3 is 28.1 Å². The monoisotopic (exact) mass is 805 g/mol. The Balaban J connectivity index is 1.37. The first-order valence-corrected chi connectivity index (χ1v) is 28.6. The minimum atomic E-state index is -0.0715. The first-order chi connectivity index (χ1) is 25.8. The third-order valence-corrected chi connectivity index (χ3v) is 17.8. The molecule has 0 aliphatic carbocycles. The van der Waals surface area contributed by atoms with Crippen molar-refractivity contribution < 1.29 is 18.9 Å². The topological polar surface area (TPSA) is 43.4 Å². The predicted molar refractivity (Wildman–Crippen MR) is 238 cm³/mol. The van der Waals surface area contributed by atoms with Crippen LogP contribution in [0.2, 0.25) is 12.1 Å². The highest BCUT2D eigenvalue weighted by atomic mass is 33.1. The second-order valence-corrected chi connectivity index (χ2v) is 22.7. The minimum absolute atomic E-state index is 0.0715. The highest BCUT2D eigenvalue weighted by Crippen LogP contribution is 2.24. The number of nitrogens with zero attached hydrogens (tertiary/aromatic N) is 2. The molecule has 10 heteroatoms. The van der Waals surface area contributed by atoms with Crippen LogP contribution in [0.4, 0.5) is 0 Å². The van der Waals surface area contributed by atoms with Gasteiger partial charge >= 0.3 is 0 Å².